The molecule has 1 aromatic carbocycles. The summed E-state index contributed by atoms with van der Waals surface area (Å²) in [6.07, 6.45) is 5.78. The third kappa shape index (κ3) is 5.64. The fraction of sp³-hybridized carbons (Fsp3) is 0.621. The number of carbonyl (C=O) groups excluding carboxylic acids is 1. The zero-order valence-electron chi connectivity index (χ0n) is 23.4. The number of halogens is 2. The highest BCUT2D eigenvalue weighted by Crippen LogP contribution is 2.54. The van der Waals surface area contributed by atoms with Gasteiger partial charge >= 0.3 is 0 Å². The molecule has 41 heavy (non-hydrogen) atoms. The number of nitrogens with zero attached hydrogens (tertiary/aromatic N) is 4. The van der Waals surface area contributed by atoms with Gasteiger partial charge in [-0.1, -0.05) is 0 Å². The number of hydrogen-bond acceptors (Lipinski definition) is 8. The van der Waals surface area contributed by atoms with Crippen LogP contribution in [0.3, 0.4) is 0 Å². The minimum atomic E-state index is -3.73. The van der Waals surface area contributed by atoms with Gasteiger partial charge in [-0.25, -0.2) is 22.2 Å². The Bertz CT molecular complexity index is 1460. The molecule has 0 unspecified atom stereocenters. The second-order valence-electron chi connectivity index (χ2n) is 12.1. The van der Waals surface area contributed by atoms with E-state index in [1.807, 2.05) is 0 Å². The first-order valence-corrected chi connectivity index (χ1v) is 16.2. The highest BCUT2D eigenvalue weighted by Gasteiger charge is 2.45. The first-order chi connectivity index (χ1) is 19.5. The Labute approximate surface area is 239 Å². The lowest BCUT2D eigenvalue weighted by Gasteiger charge is -2.36. The molecule has 1 aromatic heterocycles. The zero-order chi connectivity index (χ0) is 29.0. The second kappa shape index (κ2) is 10.4. The summed E-state index contributed by atoms with van der Waals surface area (Å²) in [4.78, 5) is 27.1. The Balaban J connectivity index is 1.36. The van der Waals surface area contributed by atoms with Gasteiger partial charge in [-0.3, -0.25) is 4.79 Å². The van der Waals surface area contributed by atoms with E-state index in [-0.39, 0.29) is 48.3 Å². The standard InChI is InChI=1S/C29H37F2N5O4S/c1-19-17-24(34-27(32-19)36-13-9-29(30,31)10-14-36)33-26(38)25-21-4-2-3-20(21)23(41(39,40)16-15-37)18-22(25)35-11-7-28(5-6-28)8-12-35/h17-18,37H,2-16H2,1H3,(H,32,33,34,38). The molecule has 222 valence electrons. The summed E-state index contributed by atoms with van der Waals surface area (Å²) in [6, 6.07) is 3.30. The summed E-state index contributed by atoms with van der Waals surface area (Å²) in [5.74, 6) is -2.85. The molecule has 2 aromatic rings. The number of aromatic nitrogens is 2. The van der Waals surface area contributed by atoms with Gasteiger partial charge in [0, 0.05) is 50.8 Å². The van der Waals surface area contributed by atoms with Crippen molar-refractivity contribution >= 4 is 33.2 Å². The van der Waals surface area contributed by atoms with E-state index in [9.17, 15) is 27.1 Å². The summed E-state index contributed by atoms with van der Waals surface area (Å²) < 4.78 is 53.9. The van der Waals surface area contributed by atoms with Crippen molar-refractivity contribution in [3.8, 4) is 0 Å². The SMILES string of the molecule is Cc1cc(NC(=O)c2c(N3CCC4(CC3)CC4)cc(S(=O)(=O)CCO)c3c2CCC3)nc(N2CCC(F)(F)CC2)n1. The number of aliphatic hydroxyl groups is 1. The van der Waals surface area contributed by atoms with Gasteiger partial charge < -0.3 is 20.2 Å². The van der Waals surface area contributed by atoms with Gasteiger partial charge in [-0.05, 0) is 74.5 Å². The van der Waals surface area contributed by atoms with Gasteiger partial charge in [-0.2, -0.15) is 4.98 Å². The van der Waals surface area contributed by atoms with E-state index in [1.54, 1.807) is 24.0 Å². The molecular weight excluding hydrogens is 552 g/mol. The first-order valence-electron chi connectivity index (χ1n) is 14.6. The normalized spacial score (nSPS) is 21.2. The van der Waals surface area contributed by atoms with Crippen LogP contribution in [0.2, 0.25) is 0 Å². The van der Waals surface area contributed by atoms with E-state index >= 15 is 0 Å². The van der Waals surface area contributed by atoms with Crippen LogP contribution < -0.4 is 15.1 Å². The highest BCUT2D eigenvalue weighted by atomic mass is 32.2. The van der Waals surface area contributed by atoms with Crippen molar-refractivity contribution in [1.82, 2.24) is 9.97 Å². The smallest absolute Gasteiger partial charge is 0.259 e. The van der Waals surface area contributed by atoms with Crippen molar-refractivity contribution in [2.75, 3.05) is 53.7 Å². The number of aliphatic hydroxyl groups excluding tert-OH is 1. The van der Waals surface area contributed by atoms with Gasteiger partial charge in [0.2, 0.25) is 5.95 Å². The van der Waals surface area contributed by atoms with Crippen LogP contribution in [0.4, 0.5) is 26.2 Å². The fourth-order valence-corrected chi connectivity index (χ4v) is 7.96. The van der Waals surface area contributed by atoms with Crippen LogP contribution in [-0.2, 0) is 22.7 Å². The van der Waals surface area contributed by atoms with Crippen molar-refractivity contribution in [2.45, 2.75) is 75.5 Å². The lowest BCUT2D eigenvalue weighted by Crippen LogP contribution is -2.40. The minimum Gasteiger partial charge on any atom is -0.395 e. The number of aryl methyl sites for hydroxylation is 1. The Morgan fingerprint density at radius 3 is 2.29 bits per heavy atom. The third-order valence-corrected chi connectivity index (χ3v) is 11.0. The number of anilines is 3. The van der Waals surface area contributed by atoms with Crippen LogP contribution >= 0.6 is 0 Å². The maximum atomic E-state index is 14.0. The van der Waals surface area contributed by atoms with Crippen LogP contribution in [0.5, 0.6) is 0 Å². The maximum absolute atomic E-state index is 14.0. The summed E-state index contributed by atoms with van der Waals surface area (Å²) in [5.41, 5.74) is 3.49. The van der Waals surface area contributed by atoms with E-state index in [4.69, 9.17) is 0 Å². The molecule has 2 N–H and O–H groups in total. The number of rotatable bonds is 7. The monoisotopic (exact) mass is 589 g/mol. The van der Waals surface area contributed by atoms with E-state index in [0.29, 0.717) is 46.7 Å². The number of hydrogen-bond donors (Lipinski definition) is 2. The average Bonchev–Trinajstić information content (AvgIpc) is 3.48. The number of fused-ring (bicyclic) bond motifs is 1. The van der Waals surface area contributed by atoms with Gasteiger partial charge in [0.05, 0.1) is 28.5 Å². The number of benzene rings is 1. The Kier molecular flexibility index (Phi) is 7.20. The number of alkyl halides is 2. The Morgan fingerprint density at radius 2 is 1.63 bits per heavy atom. The number of amides is 1. The van der Waals surface area contributed by atoms with Gasteiger partial charge in [0.25, 0.3) is 11.8 Å². The topological polar surface area (TPSA) is 116 Å². The number of piperidine rings is 2. The molecule has 0 atom stereocenters. The maximum Gasteiger partial charge on any atom is 0.259 e. The molecule has 3 fully saturated rings. The van der Waals surface area contributed by atoms with E-state index < -0.39 is 22.4 Å². The van der Waals surface area contributed by atoms with Crippen molar-refractivity contribution in [1.29, 1.82) is 0 Å². The summed E-state index contributed by atoms with van der Waals surface area (Å²) in [7, 11) is -3.73. The van der Waals surface area contributed by atoms with Gasteiger partial charge in [0.1, 0.15) is 5.82 Å². The number of nitrogens with one attached hydrogen (secondary N) is 1. The molecule has 3 heterocycles. The summed E-state index contributed by atoms with van der Waals surface area (Å²) in [5, 5.41) is 12.4. The van der Waals surface area contributed by atoms with Crippen LogP contribution in [0.15, 0.2) is 17.0 Å². The molecule has 1 spiro atoms. The lowest BCUT2D eigenvalue weighted by molar-refractivity contribution is -0.0222. The van der Waals surface area contributed by atoms with Crippen LogP contribution in [0.1, 0.15) is 72.1 Å². The van der Waals surface area contributed by atoms with E-state index in [0.717, 1.165) is 37.9 Å². The molecule has 6 rings (SSSR count). The number of carbonyl (C=O) groups is 1. The molecule has 0 radical (unpaired) electrons. The molecule has 2 aliphatic carbocycles. The average molecular weight is 590 g/mol. The van der Waals surface area contributed by atoms with Gasteiger partial charge in [-0.15, -0.1) is 0 Å². The molecule has 9 nitrogen and oxygen atoms in total. The Hall–Kier alpha value is -2.86. The van der Waals surface area contributed by atoms with Crippen molar-refractivity contribution in [2.24, 2.45) is 5.41 Å². The summed E-state index contributed by atoms with van der Waals surface area (Å²) in [6.45, 7) is 3.04. The molecular formula is C29H37F2N5O4S. The predicted octanol–water partition coefficient (Wildman–Crippen LogP) is 3.91. The fourth-order valence-electron chi connectivity index (χ4n) is 6.61. The molecule has 4 aliphatic rings. The van der Waals surface area contributed by atoms with Crippen LogP contribution in [0.25, 0.3) is 0 Å². The lowest BCUT2D eigenvalue weighted by atomic mass is 9.92. The molecule has 2 aliphatic heterocycles. The Morgan fingerprint density at radius 1 is 0.976 bits per heavy atom. The second-order valence-corrected chi connectivity index (χ2v) is 14.2. The molecule has 2 saturated heterocycles. The van der Waals surface area contributed by atoms with Crippen molar-refractivity contribution in [3.63, 3.8) is 0 Å². The van der Waals surface area contributed by atoms with Crippen molar-refractivity contribution in [3.05, 3.63) is 34.5 Å². The van der Waals surface area contributed by atoms with Crippen LogP contribution in [-0.4, -0.2) is 73.9 Å². The van der Waals surface area contributed by atoms with Crippen molar-refractivity contribution < 1.29 is 27.1 Å². The van der Waals surface area contributed by atoms with E-state index in [2.05, 4.69) is 20.2 Å². The molecule has 12 heteroatoms. The largest absolute Gasteiger partial charge is 0.395 e. The van der Waals surface area contributed by atoms with Crippen LogP contribution in [0, 0.1) is 12.3 Å². The molecule has 1 amide bonds. The minimum absolute atomic E-state index is 0.127. The van der Waals surface area contributed by atoms with E-state index in [1.165, 1.54) is 12.8 Å². The predicted molar refractivity (Wildman–Crippen MR) is 152 cm³/mol. The van der Waals surface area contributed by atoms with Gasteiger partial charge in [0.15, 0.2) is 9.84 Å². The summed E-state index contributed by atoms with van der Waals surface area (Å²) >= 11 is 0. The molecule has 1 saturated carbocycles. The quantitative estimate of drug-likeness (QED) is 0.500. The highest BCUT2D eigenvalue weighted by molar-refractivity contribution is 7.91. The third-order valence-electron chi connectivity index (χ3n) is 9.25. The molecule has 0 bridgehead atoms. The number of sulfone groups is 1. The first kappa shape index (κ1) is 28.3. The zero-order valence-corrected chi connectivity index (χ0v) is 24.2.